The van der Waals surface area contributed by atoms with Gasteiger partial charge in [-0.1, -0.05) is 6.07 Å². The van der Waals surface area contributed by atoms with Crippen LogP contribution in [0.2, 0.25) is 0 Å². The van der Waals surface area contributed by atoms with Crippen LogP contribution in [0.3, 0.4) is 0 Å². The number of hydrogen-bond donors (Lipinski definition) is 1. The van der Waals surface area contributed by atoms with Crippen LogP contribution in [0.1, 0.15) is 12.0 Å². The van der Waals surface area contributed by atoms with E-state index in [2.05, 4.69) is 23.9 Å². The number of benzene rings is 1. The summed E-state index contributed by atoms with van der Waals surface area (Å²) >= 11 is 0. The molecule has 1 saturated heterocycles. The number of aliphatic hydroxyl groups excluding tert-OH is 1. The summed E-state index contributed by atoms with van der Waals surface area (Å²) in [7, 11) is 5.59. The summed E-state index contributed by atoms with van der Waals surface area (Å²) in [5.41, 5.74) is 1.00. The van der Waals surface area contributed by atoms with E-state index in [-0.39, 0.29) is 24.2 Å². The number of hydrogen-bond acceptors (Lipinski definition) is 4. The largest absolute Gasteiger partial charge is 0.494 e. The van der Waals surface area contributed by atoms with Crippen molar-refractivity contribution in [1.82, 2.24) is 9.80 Å². The minimum atomic E-state index is -0.345. The Labute approximate surface area is 119 Å². The molecule has 5 heteroatoms. The zero-order chi connectivity index (χ0) is 14.7. The fourth-order valence-corrected chi connectivity index (χ4v) is 2.75. The van der Waals surface area contributed by atoms with Gasteiger partial charge in [-0.05, 0) is 38.2 Å². The van der Waals surface area contributed by atoms with E-state index < -0.39 is 0 Å². The zero-order valence-electron chi connectivity index (χ0n) is 12.3. The molecule has 112 valence electrons. The molecule has 0 radical (unpaired) electrons. The molecule has 0 unspecified atom stereocenters. The number of likely N-dealkylation sites (tertiary alicyclic amines) is 1. The van der Waals surface area contributed by atoms with Crippen LogP contribution in [-0.2, 0) is 6.54 Å². The highest BCUT2D eigenvalue weighted by Gasteiger charge is 2.32. The van der Waals surface area contributed by atoms with Crippen molar-refractivity contribution in [3.05, 3.63) is 29.6 Å². The van der Waals surface area contributed by atoms with E-state index in [0.29, 0.717) is 12.6 Å². The molecule has 1 aromatic carbocycles. The summed E-state index contributed by atoms with van der Waals surface area (Å²) in [5, 5.41) is 9.51. The van der Waals surface area contributed by atoms with Crippen molar-refractivity contribution in [3.8, 4) is 5.75 Å². The molecule has 0 amide bonds. The van der Waals surface area contributed by atoms with Crippen molar-refractivity contribution in [1.29, 1.82) is 0 Å². The number of halogens is 1. The third-order valence-corrected chi connectivity index (χ3v) is 4.05. The summed E-state index contributed by atoms with van der Waals surface area (Å²) in [4.78, 5) is 4.44. The average Bonchev–Trinajstić information content (AvgIpc) is 2.84. The summed E-state index contributed by atoms with van der Waals surface area (Å²) in [6.07, 6.45) is 0.960. The van der Waals surface area contributed by atoms with E-state index in [0.717, 1.165) is 18.5 Å². The molecule has 1 aromatic rings. The molecule has 1 fully saturated rings. The molecular weight excluding hydrogens is 259 g/mol. The lowest BCUT2D eigenvalue weighted by Crippen LogP contribution is -2.33. The van der Waals surface area contributed by atoms with Gasteiger partial charge < -0.3 is 14.7 Å². The molecule has 0 saturated carbocycles. The summed E-state index contributed by atoms with van der Waals surface area (Å²) in [6, 6.07) is 5.55. The van der Waals surface area contributed by atoms with E-state index >= 15 is 0 Å². The van der Waals surface area contributed by atoms with E-state index in [1.54, 1.807) is 12.1 Å². The highest BCUT2D eigenvalue weighted by atomic mass is 19.1. The Hall–Kier alpha value is -1.17. The highest BCUT2D eigenvalue weighted by Crippen LogP contribution is 2.25. The molecule has 4 nitrogen and oxygen atoms in total. The molecule has 1 aliphatic heterocycles. The maximum atomic E-state index is 13.4. The van der Waals surface area contributed by atoms with Gasteiger partial charge in [0, 0.05) is 25.2 Å². The predicted molar refractivity (Wildman–Crippen MR) is 76.3 cm³/mol. The summed E-state index contributed by atoms with van der Waals surface area (Å²) in [6.45, 7) is 1.77. The van der Waals surface area contributed by atoms with Crippen molar-refractivity contribution in [2.45, 2.75) is 25.0 Å². The minimum Gasteiger partial charge on any atom is -0.494 e. The molecule has 1 N–H and O–H groups in total. The monoisotopic (exact) mass is 282 g/mol. The first kappa shape index (κ1) is 15.2. The Balaban J connectivity index is 2.08. The van der Waals surface area contributed by atoms with Crippen LogP contribution in [0.4, 0.5) is 4.39 Å². The van der Waals surface area contributed by atoms with Gasteiger partial charge in [-0.25, -0.2) is 4.39 Å². The van der Waals surface area contributed by atoms with E-state index in [1.807, 2.05) is 0 Å². The fourth-order valence-electron chi connectivity index (χ4n) is 2.75. The predicted octanol–water partition coefficient (Wildman–Crippen LogP) is 1.33. The summed E-state index contributed by atoms with van der Waals surface area (Å²) < 4.78 is 18.4. The Bertz CT molecular complexity index is 453. The number of aliphatic hydroxyl groups is 1. The maximum absolute atomic E-state index is 13.4. The lowest BCUT2D eigenvalue weighted by atomic mass is 10.1. The van der Waals surface area contributed by atoms with Gasteiger partial charge in [0.05, 0.1) is 13.7 Å². The second-order valence-corrected chi connectivity index (χ2v) is 5.59. The lowest BCUT2D eigenvalue weighted by Gasteiger charge is -2.23. The van der Waals surface area contributed by atoms with Crippen LogP contribution in [0.5, 0.6) is 5.75 Å². The molecule has 1 heterocycles. The van der Waals surface area contributed by atoms with Gasteiger partial charge in [0.1, 0.15) is 0 Å². The molecule has 0 spiro atoms. The van der Waals surface area contributed by atoms with Gasteiger partial charge in [0.2, 0.25) is 0 Å². The van der Waals surface area contributed by atoms with E-state index in [4.69, 9.17) is 4.74 Å². The topological polar surface area (TPSA) is 35.9 Å². The third-order valence-electron chi connectivity index (χ3n) is 4.05. The molecular formula is C15H23FN2O2. The number of ether oxygens (including phenoxy) is 1. The molecule has 0 aliphatic carbocycles. The second kappa shape index (κ2) is 6.52. The van der Waals surface area contributed by atoms with Crippen molar-refractivity contribution < 1.29 is 14.2 Å². The normalized spacial score (nSPS) is 23.5. The molecule has 2 atom stereocenters. The van der Waals surface area contributed by atoms with Gasteiger partial charge in [0.25, 0.3) is 0 Å². The van der Waals surface area contributed by atoms with Crippen LogP contribution in [-0.4, -0.2) is 61.3 Å². The first-order valence-electron chi connectivity index (χ1n) is 6.89. The quantitative estimate of drug-likeness (QED) is 0.884. The number of rotatable bonds is 5. The van der Waals surface area contributed by atoms with Gasteiger partial charge in [0.15, 0.2) is 11.6 Å². The van der Waals surface area contributed by atoms with Crippen molar-refractivity contribution in [2.75, 3.05) is 34.4 Å². The molecule has 0 aromatic heterocycles. The standard InChI is InChI=1S/C15H23FN2O2/c1-17(2)12-7-13(10-19)18(9-12)8-11-4-5-14(16)15(6-11)20-3/h4-6,12-13,19H,7-10H2,1-3H3/t12-,13+/m1/s1. The van der Waals surface area contributed by atoms with Crippen molar-refractivity contribution in [3.63, 3.8) is 0 Å². The van der Waals surface area contributed by atoms with Crippen LogP contribution in [0.15, 0.2) is 18.2 Å². The maximum Gasteiger partial charge on any atom is 0.165 e. The fraction of sp³-hybridized carbons (Fsp3) is 0.600. The van der Waals surface area contributed by atoms with Crippen LogP contribution in [0, 0.1) is 5.82 Å². The Kier molecular flexibility index (Phi) is 4.96. The highest BCUT2D eigenvalue weighted by molar-refractivity contribution is 5.30. The Morgan fingerprint density at radius 1 is 1.45 bits per heavy atom. The van der Waals surface area contributed by atoms with Crippen LogP contribution >= 0.6 is 0 Å². The molecule has 2 rings (SSSR count). The minimum absolute atomic E-state index is 0.155. The molecule has 1 aliphatic rings. The van der Waals surface area contributed by atoms with Crippen molar-refractivity contribution >= 4 is 0 Å². The van der Waals surface area contributed by atoms with Gasteiger partial charge in [-0.15, -0.1) is 0 Å². The molecule has 20 heavy (non-hydrogen) atoms. The Morgan fingerprint density at radius 3 is 2.80 bits per heavy atom. The zero-order valence-corrected chi connectivity index (χ0v) is 12.3. The van der Waals surface area contributed by atoms with Crippen LogP contribution < -0.4 is 4.74 Å². The Morgan fingerprint density at radius 2 is 2.20 bits per heavy atom. The SMILES string of the molecule is COc1cc(CN2C[C@H](N(C)C)C[C@H]2CO)ccc1F. The van der Waals surface area contributed by atoms with Gasteiger partial charge >= 0.3 is 0 Å². The van der Waals surface area contributed by atoms with Gasteiger partial charge in [-0.2, -0.15) is 0 Å². The lowest BCUT2D eigenvalue weighted by molar-refractivity contribution is 0.153. The van der Waals surface area contributed by atoms with E-state index in [9.17, 15) is 9.50 Å². The average molecular weight is 282 g/mol. The smallest absolute Gasteiger partial charge is 0.165 e. The van der Waals surface area contributed by atoms with Gasteiger partial charge in [-0.3, -0.25) is 4.90 Å². The number of nitrogens with zero attached hydrogens (tertiary/aromatic N) is 2. The van der Waals surface area contributed by atoms with Crippen molar-refractivity contribution in [2.24, 2.45) is 0 Å². The van der Waals surface area contributed by atoms with E-state index in [1.165, 1.54) is 13.2 Å². The number of likely N-dealkylation sites (N-methyl/N-ethyl adjacent to an activating group) is 1. The summed E-state index contributed by atoms with van der Waals surface area (Å²) in [5.74, 6) is -0.0750. The third kappa shape index (κ3) is 3.29. The molecule has 0 bridgehead atoms. The first-order chi connectivity index (χ1) is 9.55. The van der Waals surface area contributed by atoms with Crippen LogP contribution in [0.25, 0.3) is 0 Å². The first-order valence-corrected chi connectivity index (χ1v) is 6.89. The number of methoxy groups -OCH3 is 1. The second-order valence-electron chi connectivity index (χ2n) is 5.59.